The average Bonchev–Trinajstić information content (AvgIpc) is 2.78. The Balaban J connectivity index is 0.00000612. The van der Waals surface area contributed by atoms with Gasteiger partial charge in [-0.05, 0) is 48.8 Å². The predicted octanol–water partition coefficient (Wildman–Crippen LogP) is 3.22. The first-order chi connectivity index (χ1) is 16.0. The summed E-state index contributed by atoms with van der Waals surface area (Å²) < 4.78 is 12.5. The summed E-state index contributed by atoms with van der Waals surface area (Å²) in [5.41, 5.74) is 3.05. The van der Waals surface area contributed by atoms with E-state index in [1.54, 1.807) is 0 Å². The van der Waals surface area contributed by atoms with Gasteiger partial charge in [0.25, 0.3) is 0 Å². The van der Waals surface area contributed by atoms with E-state index in [9.17, 15) is 5.11 Å². The van der Waals surface area contributed by atoms with Gasteiger partial charge in [0.2, 0.25) is 0 Å². The van der Waals surface area contributed by atoms with E-state index in [4.69, 9.17) is 9.47 Å². The molecule has 0 heterocycles. The van der Waals surface area contributed by atoms with Crippen LogP contribution in [0.5, 0.6) is 5.75 Å². The average molecular weight is 506 g/mol. The number of halogens is 1. The maximum atomic E-state index is 10.6. The summed E-state index contributed by atoms with van der Waals surface area (Å²) >= 11 is 0. The first-order valence-corrected chi connectivity index (χ1v) is 12.9. The lowest BCUT2D eigenvalue weighted by Crippen LogP contribution is -3.00. The maximum Gasteiger partial charge on any atom is 0.126 e. The highest BCUT2D eigenvalue weighted by Gasteiger charge is 2.28. The molecule has 5 heteroatoms. The van der Waals surface area contributed by atoms with Crippen LogP contribution in [0, 0.1) is 5.41 Å². The fraction of sp³-hybridized carbons (Fsp3) is 0.600. The quantitative estimate of drug-likeness (QED) is 0.316. The van der Waals surface area contributed by atoms with E-state index >= 15 is 0 Å². The molecule has 4 nitrogen and oxygen atoms in total. The van der Waals surface area contributed by atoms with E-state index in [1.807, 2.05) is 18.2 Å². The minimum absolute atomic E-state index is 0. The number of aliphatic hydroxyl groups is 1. The summed E-state index contributed by atoms with van der Waals surface area (Å²) in [5.74, 6) is 0.856. The first kappa shape index (κ1) is 31.4. The Morgan fingerprint density at radius 3 is 2.00 bits per heavy atom. The van der Waals surface area contributed by atoms with Gasteiger partial charge >= 0.3 is 0 Å². The normalized spacial score (nSPS) is 13.3. The molecule has 0 amide bonds. The molecule has 198 valence electrons. The van der Waals surface area contributed by atoms with Gasteiger partial charge in [-0.2, -0.15) is 0 Å². The molecule has 0 saturated heterocycles. The molecule has 2 rings (SSSR count). The highest BCUT2D eigenvalue weighted by molar-refractivity contribution is 5.31. The van der Waals surface area contributed by atoms with Crippen molar-refractivity contribution in [3.63, 3.8) is 0 Å². The Hall–Kier alpha value is -1.59. The van der Waals surface area contributed by atoms with Gasteiger partial charge in [0.05, 0.1) is 26.3 Å². The Labute approximate surface area is 220 Å². The number of benzene rings is 2. The summed E-state index contributed by atoms with van der Waals surface area (Å²) in [7, 11) is 0. The zero-order valence-corrected chi connectivity index (χ0v) is 23.8. The van der Waals surface area contributed by atoms with Crippen molar-refractivity contribution >= 4 is 0 Å². The SMILES string of the molecule is CC[N+](CC)(Cc1ccccc1)CC(O)COCCOc1ccc(C(C)(C)CC(C)(C)C)cc1.[Cl-]. The zero-order chi connectivity index (χ0) is 25.2. The third-order valence-electron chi connectivity index (χ3n) is 6.72. The second kappa shape index (κ2) is 14.2. The van der Waals surface area contributed by atoms with E-state index in [0.29, 0.717) is 26.4 Å². The lowest BCUT2D eigenvalue weighted by atomic mass is 9.72. The number of quaternary nitrogens is 1. The summed E-state index contributed by atoms with van der Waals surface area (Å²) in [6.07, 6.45) is 0.630. The number of likely N-dealkylation sites (N-methyl/N-ethyl adjacent to an activating group) is 1. The number of nitrogens with zero attached hydrogens (tertiary/aromatic N) is 1. The molecule has 0 fully saturated rings. The molecule has 2 aromatic rings. The Bertz CT molecular complexity index is 827. The van der Waals surface area contributed by atoms with Crippen LogP contribution in [0.4, 0.5) is 0 Å². The van der Waals surface area contributed by atoms with Gasteiger partial charge in [-0.3, -0.25) is 0 Å². The van der Waals surface area contributed by atoms with Crippen LogP contribution in [-0.4, -0.2) is 55.1 Å². The lowest BCUT2D eigenvalue weighted by molar-refractivity contribution is -0.940. The van der Waals surface area contributed by atoms with Crippen molar-refractivity contribution in [3.05, 3.63) is 65.7 Å². The highest BCUT2D eigenvalue weighted by Crippen LogP contribution is 2.36. The lowest BCUT2D eigenvalue weighted by Gasteiger charge is -2.38. The van der Waals surface area contributed by atoms with Crippen LogP contribution in [0.3, 0.4) is 0 Å². The number of hydrogen-bond acceptors (Lipinski definition) is 3. The molecule has 35 heavy (non-hydrogen) atoms. The van der Waals surface area contributed by atoms with E-state index in [1.165, 1.54) is 11.1 Å². The monoisotopic (exact) mass is 505 g/mol. The molecular formula is C30H48ClNO3. The Morgan fingerprint density at radius 1 is 0.857 bits per heavy atom. The first-order valence-electron chi connectivity index (χ1n) is 12.9. The van der Waals surface area contributed by atoms with E-state index in [2.05, 4.69) is 84.9 Å². The van der Waals surface area contributed by atoms with Crippen LogP contribution >= 0.6 is 0 Å². The third-order valence-corrected chi connectivity index (χ3v) is 6.72. The Kier molecular flexibility index (Phi) is 12.8. The highest BCUT2D eigenvalue weighted by atomic mass is 35.5. The third kappa shape index (κ3) is 10.9. The van der Waals surface area contributed by atoms with Crippen LogP contribution in [0.25, 0.3) is 0 Å². The fourth-order valence-corrected chi connectivity index (χ4v) is 5.11. The van der Waals surface area contributed by atoms with Crippen LogP contribution in [0.2, 0.25) is 0 Å². The molecule has 1 atom stereocenters. The largest absolute Gasteiger partial charge is 1.00 e. The minimum Gasteiger partial charge on any atom is -1.00 e. The molecule has 0 radical (unpaired) electrons. The van der Waals surface area contributed by atoms with Crippen molar-refractivity contribution in [2.75, 3.05) is 39.5 Å². The summed E-state index contributed by atoms with van der Waals surface area (Å²) in [5, 5.41) is 10.6. The van der Waals surface area contributed by atoms with E-state index < -0.39 is 6.10 Å². The molecule has 0 saturated carbocycles. The molecule has 1 unspecified atom stereocenters. The minimum atomic E-state index is -0.493. The molecule has 0 aliphatic heterocycles. The van der Waals surface area contributed by atoms with Crippen molar-refractivity contribution in [1.82, 2.24) is 0 Å². The smallest absolute Gasteiger partial charge is 0.126 e. The Morgan fingerprint density at radius 2 is 1.46 bits per heavy atom. The predicted molar refractivity (Wildman–Crippen MR) is 142 cm³/mol. The molecule has 1 N–H and O–H groups in total. The van der Waals surface area contributed by atoms with Crippen LogP contribution < -0.4 is 17.1 Å². The number of hydrogen-bond donors (Lipinski definition) is 1. The second-order valence-electron chi connectivity index (χ2n) is 11.5. The van der Waals surface area contributed by atoms with Gasteiger partial charge in [-0.25, -0.2) is 0 Å². The van der Waals surface area contributed by atoms with Crippen molar-refractivity contribution < 1.29 is 31.5 Å². The second-order valence-corrected chi connectivity index (χ2v) is 11.5. The van der Waals surface area contributed by atoms with Crippen molar-refractivity contribution in [2.24, 2.45) is 5.41 Å². The topological polar surface area (TPSA) is 38.7 Å². The van der Waals surface area contributed by atoms with Crippen molar-refractivity contribution in [2.45, 2.75) is 73.0 Å². The van der Waals surface area contributed by atoms with Crippen molar-refractivity contribution in [3.8, 4) is 5.75 Å². The van der Waals surface area contributed by atoms with Crippen LogP contribution in [-0.2, 0) is 16.7 Å². The standard InChI is InChI=1S/C30H48NO3.ClH/c1-8-31(9-2,21-25-13-11-10-12-14-25)22-27(32)23-33-19-20-34-28-17-15-26(16-18-28)30(6,7)24-29(3,4)5;/h10-18,27,32H,8-9,19-24H2,1-7H3;1H/q+1;/p-1. The molecule has 0 aromatic heterocycles. The van der Waals surface area contributed by atoms with Gasteiger partial charge < -0.3 is 31.5 Å². The molecule has 0 aliphatic rings. The maximum absolute atomic E-state index is 10.6. The number of aliphatic hydroxyl groups excluding tert-OH is 1. The van der Waals surface area contributed by atoms with Crippen LogP contribution in [0.1, 0.15) is 66.0 Å². The van der Waals surface area contributed by atoms with Gasteiger partial charge in [0.1, 0.15) is 31.5 Å². The summed E-state index contributed by atoms with van der Waals surface area (Å²) in [6.45, 7) is 20.7. The van der Waals surface area contributed by atoms with Gasteiger partial charge in [0.15, 0.2) is 0 Å². The molecule has 2 aromatic carbocycles. The van der Waals surface area contributed by atoms with Gasteiger partial charge in [-0.1, -0.05) is 77.1 Å². The fourth-order valence-electron chi connectivity index (χ4n) is 5.11. The summed E-state index contributed by atoms with van der Waals surface area (Å²) in [4.78, 5) is 0. The number of rotatable bonds is 14. The van der Waals surface area contributed by atoms with Gasteiger partial charge in [-0.15, -0.1) is 0 Å². The van der Waals surface area contributed by atoms with E-state index in [0.717, 1.165) is 36.3 Å². The molecule has 0 aliphatic carbocycles. The van der Waals surface area contributed by atoms with Crippen LogP contribution in [0.15, 0.2) is 54.6 Å². The summed E-state index contributed by atoms with van der Waals surface area (Å²) in [6, 6.07) is 19.0. The molecule has 0 bridgehead atoms. The van der Waals surface area contributed by atoms with Gasteiger partial charge in [0, 0.05) is 5.56 Å². The number of ether oxygens (including phenoxy) is 2. The molecular weight excluding hydrogens is 458 g/mol. The van der Waals surface area contributed by atoms with Crippen molar-refractivity contribution in [1.29, 1.82) is 0 Å². The van der Waals surface area contributed by atoms with E-state index in [-0.39, 0.29) is 23.2 Å². The zero-order valence-electron chi connectivity index (χ0n) is 23.0. The molecule has 0 spiro atoms.